The minimum absolute atomic E-state index is 0.0781. The number of benzene rings is 2. The second kappa shape index (κ2) is 10.7. The summed E-state index contributed by atoms with van der Waals surface area (Å²) in [4.78, 5) is 12.6. The number of nitrogens with one attached hydrogen (secondary N) is 1. The van der Waals surface area contributed by atoms with Crippen molar-refractivity contribution in [3.8, 4) is 5.75 Å². The van der Waals surface area contributed by atoms with Crippen molar-refractivity contribution in [2.45, 2.75) is 51.4 Å². The van der Waals surface area contributed by atoms with E-state index in [0.29, 0.717) is 34.2 Å². The molecule has 0 unspecified atom stereocenters. The van der Waals surface area contributed by atoms with Crippen LogP contribution < -0.4 is 10.1 Å². The predicted molar refractivity (Wildman–Crippen MR) is 126 cm³/mol. The van der Waals surface area contributed by atoms with E-state index < -0.39 is 0 Å². The molecule has 0 saturated carbocycles. The van der Waals surface area contributed by atoms with Crippen molar-refractivity contribution >= 4 is 35.0 Å². The number of carbonyl (C=O) groups excluding carboxylic acids is 1. The molecule has 1 N–H and O–H groups in total. The molecule has 0 fully saturated rings. The van der Waals surface area contributed by atoms with Crippen molar-refractivity contribution in [1.29, 1.82) is 0 Å². The number of carbonyl (C=O) groups is 1. The average molecular weight is 459 g/mol. The van der Waals surface area contributed by atoms with Crippen LogP contribution in [0.2, 0.25) is 5.02 Å². The Morgan fingerprint density at radius 2 is 1.84 bits per heavy atom. The van der Waals surface area contributed by atoms with Gasteiger partial charge in [0, 0.05) is 12.2 Å². The van der Waals surface area contributed by atoms with Crippen molar-refractivity contribution in [2.75, 3.05) is 11.1 Å². The molecule has 1 heterocycles. The molecule has 0 radical (unpaired) electrons. The van der Waals surface area contributed by atoms with Gasteiger partial charge in [-0.2, -0.15) is 0 Å². The van der Waals surface area contributed by atoms with E-state index in [1.165, 1.54) is 11.8 Å². The number of ether oxygens (including phenoxy) is 1. The number of halogens is 1. The molecule has 0 spiro atoms. The largest absolute Gasteiger partial charge is 0.481 e. The van der Waals surface area contributed by atoms with Crippen LogP contribution >= 0.6 is 23.4 Å². The van der Waals surface area contributed by atoms with Gasteiger partial charge in [0.05, 0.1) is 10.8 Å². The first-order chi connectivity index (χ1) is 14.9. The van der Waals surface area contributed by atoms with E-state index in [-0.39, 0.29) is 17.8 Å². The molecule has 0 saturated heterocycles. The van der Waals surface area contributed by atoms with E-state index >= 15 is 0 Å². The average Bonchev–Trinajstić information content (AvgIpc) is 3.17. The van der Waals surface area contributed by atoms with Gasteiger partial charge in [0.2, 0.25) is 5.91 Å². The Morgan fingerprint density at radius 3 is 2.55 bits per heavy atom. The SMILES string of the molecule is CCn1c(SCC(=O)Nc2ccccc2C(C)C)nnc1[C@H](C)Oc1ccccc1Cl. The molecule has 0 aliphatic heterocycles. The van der Waals surface area contributed by atoms with Crippen molar-refractivity contribution < 1.29 is 9.53 Å². The molecule has 8 heteroatoms. The molecule has 1 aromatic heterocycles. The Bertz CT molecular complexity index is 1040. The van der Waals surface area contributed by atoms with E-state index in [1.54, 1.807) is 6.07 Å². The second-order valence-electron chi connectivity index (χ2n) is 7.35. The summed E-state index contributed by atoms with van der Waals surface area (Å²) in [6, 6.07) is 15.2. The lowest BCUT2D eigenvalue weighted by molar-refractivity contribution is -0.113. The fraction of sp³-hybridized carbons (Fsp3) is 0.348. The van der Waals surface area contributed by atoms with Crippen molar-refractivity contribution in [2.24, 2.45) is 0 Å². The van der Waals surface area contributed by atoms with E-state index in [4.69, 9.17) is 16.3 Å². The van der Waals surface area contributed by atoms with E-state index in [1.807, 2.05) is 60.9 Å². The molecular formula is C23H27ClN4O2S. The Morgan fingerprint density at radius 1 is 1.13 bits per heavy atom. The maximum atomic E-state index is 12.6. The fourth-order valence-electron chi connectivity index (χ4n) is 3.22. The first-order valence-corrected chi connectivity index (χ1v) is 11.6. The number of thioether (sulfide) groups is 1. The third-order valence-electron chi connectivity index (χ3n) is 4.75. The first-order valence-electron chi connectivity index (χ1n) is 10.3. The third-order valence-corrected chi connectivity index (χ3v) is 6.03. The number of hydrogen-bond donors (Lipinski definition) is 1. The Hall–Kier alpha value is -2.51. The van der Waals surface area contributed by atoms with E-state index in [2.05, 4.69) is 29.4 Å². The Kier molecular flexibility index (Phi) is 7.98. The van der Waals surface area contributed by atoms with Gasteiger partial charge in [-0.1, -0.05) is 67.5 Å². The highest BCUT2D eigenvalue weighted by molar-refractivity contribution is 7.99. The number of amides is 1. The summed E-state index contributed by atoms with van der Waals surface area (Å²) < 4.78 is 7.94. The maximum absolute atomic E-state index is 12.6. The fourth-order valence-corrected chi connectivity index (χ4v) is 4.21. The van der Waals surface area contributed by atoms with Gasteiger partial charge in [0.25, 0.3) is 0 Å². The van der Waals surface area contributed by atoms with Gasteiger partial charge < -0.3 is 14.6 Å². The van der Waals surface area contributed by atoms with Crippen LogP contribution in [0.3, 0.4) is 0 Å². The number of aromatic nitrogens is 3. The van der Waals surface area contributed by atoms with Gasteiger partial charge >= 0.3 is 0 Å². The van der Waals surface area contributed by atoms with Gasteiger partial charge in [0.15, 0.2) is 17.1 Å². The highest BCUT2D eigenvalue weighted by Gasteiger charge is 2.20. The summed E-state index contributed by atoms with van der Waals surface area (Å²) in [7, 11) is 0. The molecule has 2 aromatic carbocycles. The summed E-state index contributed by atoms with van der Waals surface area (Å²) in [5.74, 6) is 1.78. The Balaban J connectivity index is 1.66. The lowest BCUT2D eigenvalue weighted by atomic mass is 10.0. The van der Waals surface area contributed by atoms with Gasteiger partial charge in [0.1, 0.15) is 5.75 Å². The minimum atomic E-state index is -0.339. The first kappa shape index (κ1) is 23.2. The zero-order valence-corrected chi connectivity index (χ0v) is 19.7. The molecule has 1 amide bonds. The summed E-state index contributed by atoms with van der Waals surface area (Å²) in [5.41, 5.74) is 1.97. The van der Waals surface area contributed by atoms with Gasteiger partial charge in [-0.05, 0) is 43.5 Å². The maximum Gasteiger partial charge on any atom is 0.234 e. The molecule has 31 heavy (non-hydrogen) atoms. The van der Waals surface area contributed by atoms with Gasteiger partial charge in [-0.3, -0.25) is 4.79 Å². The molecule has 1 atom stereocenters. The molecule has 0 bridgehead atoms. The van der Waals surface area contributed by atoms with Crippen LogP contribution in [0, 0.1) is 0 Å². The van der Waals surface area contributed by atoms with E-state index in [0.717, 1.165) is 11.3 Å². The number of rotatable bonds is 9. The summed E-state index contributed by atoms with van der Waals surface area (Å²) in [6.45, 7) is 8.80. The van der Waals surface area contributed by atoms with Crippen molar-refractivity contribution in [1.82, 2.24) is 14.8 Å². The highest BCUT2D eigenvalue weighted by Crippen LogP contribution is 2.29. The molecule has 0 aliphatic rings. The molecule has 3 rings (SSSR count). The molecule has 0 aliphatic carbocycles. The van der Waals surface area contributed by atoms with Crippen LogP contribution in [0.4, 0.5) is 5.69 Å². The van der Waals surface area contributed by atoms with E-state index in [9.17, 15) is 4.79 Å². The lowest BCUT2D eigenvalue weighted by Crippen LogP contribution is -2.16. The van der Waals surface area contributed by atoms with Crippen LogP contribution in [-0.4, -0.2) is 26.4 Å². The van der Waals surface area contributed by atoms with Crippen LogP contribution in [0.5, 0.6) is 5.75 Å². The van der Waals surface area contributed by atoms with Gasteiger partial charge in [-0.15, -0.1) is 10.2 Å². The van der Waals surface area contributed by atoms with Crippen LogP contribution in [0.1, 0.15) is 51.1 Å². The van der Waals surface area contributed by atoms with Crippen molar-refractivity contribution in [3.63, 3.8) is 0 Å². The van der Waals surface area contributed by atoms with Crippen LogP contribution in [0.15, 0.2) is 53.7 Å². The normalized spacial score (nSPS) is 12.1. The minimum Gasteiger partial charge on any atom is -0.481 e. The number of nitrogens with zero attached hydrogens (tertiary/aromatic N) is 3. The van der Waals surface area contributed by atoms with Crippen LogP contribution in [-0.2, 0) is 11.3 Å². The van der Waals surface area contributed by atoms with Crippen LogP contribution in [0.25, 0.3) is 0 Å². The predicted octanol–water partition coefficient (Wildman–Crippen LogP) is 5.95. The Labute approximate surface area is 192 Å². The lowest BCUT2D eigenvalue weighted by Gasteiger charge is -2.16. The number of hydrogen-bond acceptors (Lipinski definition) is 5. The quantitative estimate of drug-likeness (QED) is 0.401. The zero-order valence-electron chi connectivity index (χ0n) is 18.1. The van der Waals surface area contributed by atoms with Gasteiger partial charge in [-0.25, -0.2) is 0 Å². The highest BCUT2D eigenvalue weighted by atomic mass is 35.5. The topological polar surface area (TPSA) is 69.0 Å². The summed E-state index contributed by atoms with van der Waals surface area (Å²) in [6.07, 6.45) is -0.339. The monoisotopic (exact) mass is 458 g/mol. The third kappa shape index (κ3) is 5.80. The summed E-state index contributed by atoms with van der Waals surface area (Å²) >= 11 is 7.56. The molecule has 164 valence electrons. The summed E-state index contributed by atoms with van der Waals surface area (Å²) in [5, 5.41) is 12.8. The zero-order chi connectivity index (χ0) is 22.4. The molecule has 6 nitrogen and oxygen atoms in total. The standard InChI is InChI=1S/C23H27ClN4O2S/c1-5-28-22(16(4)30-20-13-9-7-11-18(20)24)26-27-23(28)31-14-21(29)25-19-12-8-6-10-17(19)15(2)3/h6-13,15-16H,5,14H2,1-4H3,(H,25,29)/t16-/m0/s1. The smallest absolute Gasteiger partial charge is 0.234 e. The molecule has 3 aromatic rings. The molecular weight excluding hydrogens is 432 g/mol. The second-order valence-corrected chi connectivity index (χ2v) is 8.70. The number of anilines is 1. The number of para-hydroxylation sites is 2. The van der Waals surface area contributed by atoms with Crippen molar-refractivity contribution in [3.05, 3.63) is 64.9 Å².